The summed E-state index contributed by atoms with van der Waals surface area (Å²) in [6, 6.07) is 5.37. The van der Waals surface area contributed by atoms with Gasteiger partial charge >= 0.3 is 11.9 Å². The first-order chi connectivity index (χ1) is 14.0. The first kappa shape index (κ1) is 20.8. The van der Waals surface area contributed by atoms with E-state index in [1.807, 2.05) is 6.07 Å². The largest absolute Gasteiger partial charge is 0.497 e. The number of amides is 1. The lowest BCUT2D eigenvalue weighted by molar-refractivity contribution is -0.144. The van der Waals surface area contributed by atoms with Crippen LogP contribution in [0.15, 0.2) is 40.0 Å². The summed E-state index contributed by atoms with van der Waals surface area (Å²) in [7, 11) is 1.57. The highest BCUT2D eigenvalue weighted by Gasteiger charge is 2.27. The summed E-state index contributed by atoms with van der Waals surface area (Å²) in [4.78, 5) is 37.2. The second-order valence-electron chi connectivity index (χ2n) is 6.09. The topological polar surface area (TPSA) is 95.3 Å². The van der Waals surface area contributed by atoms with Gasteiger partial charge in [0.15, 0.2) is 0 Å². The van der Waals surface area contributed by atoms with Gasteiger partial charge in [-0.3, -0.25) is 9.59 Å². The van der Waals surface area contributed by atoms with Crippen LogP contribution in [0.4, 0.5) is 0 Å². The molecule has 9 heteroatoms. The molecule has 1 aromatic heterocycles. The molecule has 1 amide bonds. The first-order valence-corrected chi connectivity index (χ1v) is 10.0. The Balaban J connectivity index is 1.54. The smallest absolute Gasteiger partial charge is 0.333 e. The summed E-state index contributed by atoms with van der Waals surface area (Å²) < 4.78 is 20.8. The van der Waals surface area contributed by atoms with Crippen molar-refractivity contribution in [3.63, 3.8) is 0 Å². The average molecular weight is 419 g/mol. The molecule has 1 saturated heterocycles. The lowest BCUT2D eigenvalue weighted by Gasteiger charge is -2.16. The van der Waals surface area contributed by atoms with Crippen molar-refractivity contribution in [1.29, 1.82) is 0 Å². The maximum Gasteiger partial charge on any atom is 0.333 e. The van der Waals surface area contributed by atoms with Gasteiger partial charge in [0.25, 0.3) is 0 Å². The van der Waals surface area contributed by atoms with Crippen LogP contribution in [-0.4, -0.2) is 55.4 Å². The summed E-state index contributed by atoms with van der Waals surface area (Å²) in [6.45, 7) is 2.16. The molecule has 0 saturated carbocycles. The van der Waals surface area contributed by atoms with Crippen molar-refractivity contribution in [2.45, 2.75) is 13.3 Å². The molecule has 1 aliphatic heterocycles. The highest BCUT2D eigenvalue weighted by Crippen LogP contribution is 2.29. The zero-order chi connectivity index (χ0) is 20.8. The van der Waals surface area contributed by atoms with Crippen molar-refractivity contribution in [3.05, 3.63) is 41.1 Å². The number of carbonyl (C=O) groups is 3. The maximum absolute atomic E-state index is 12.2. The van der Waals surface area contributed by atoms with E-state index in [2.05, 4.69) is 0 Å². The van der Waals surface area contributed by atoms with Gasteiger partial charge in [0.1, 0.15) is 17.9 Å². The molecule has 0 radical (unpaired) electrons. The Hall–Kier alpha value is -2.94. The number of hydrogen-bond acceptors (Lipinski definition) is 8. The molecule has 3 rings (SSSR count). The van der Waals surface area contributed by atoms with Crippen LogP contribution in [0.25, 0.3) is 11.0 Å². The summed E-state index contributed by atoms with van der Waals surface area (Å²) >= 11 is 1.25. The quantitative estimate of drug-likeness (QED) is 0.476. The van der Waals surface area contributed by atoms with Crippen molar-refractivity contribution in [2.75, 3.05) is 32.6 Å². The molecule has 0 aliphatic carbocycles. The monoisotopic (exact) mass is 419 g/mol. The van der Waals surface area contributed by atoms with Gasteiger partial charge in [-0.2, -0.15) is 0 Å². The maximum atomic E-state index is 12.2. The summed E-state index contributed by atoms with van der Waals surface area (Å²) in [5, 5.41) is 1.31. The molecule has 1 aromatic carbocycles. The van der Waals surface area contributed by atoms with E-state index in [0.29, 0.717) is 21.9 Å². The lowest BCUT2D eigenvalue weighted by atomic mass is 10.1. The van der Waals surface area contributed by atoms with E-state index in [-0.39, 0.29) is 37.8 Å². The molecular weight excluding hydrogens is 398 g/mol. The van der Waals surface area contributed by atoms with Gasteiger partial charge in [-0.25, -0.2) is 4.79 Å². The van der Waals surface area contributed by atoms with E-state index in [9.17, 15) is 14.4 Å². The Kier molecular flexibility index (Phi) is 6.82. The second-order valence-corrected chi connectivity index (χ2v) is 7.08. The van der Waals surface area contributed by atoms with Crippen molar-refractivity contribution < 1.29 is 33.0 Å². The molecule has 0 spiro atoms. The fraction of sp³-hybridized carbons (Fsp3) is 0.350. The minimum atomic E-state index is -0.504. The minimum Gasteiger partial charge on any atom is -0.497 e. The molecule has 29 heavy (non-hydrogen) atoms. The Morgan fingerprint density at radius 1 is 1.31 bits per heavy atom. The lowest BCUT2D eigenvalue weighted by Crippen LogP contribution is -2.29. The molecule has 0 unspecified atom stereocenters. The SMILES string of the molecule is CCOC(=O)/C=C1\SCC(=O)N1CCOC(=O)Cc1coc2cc(OC)ccc12. The number of hydrogen-bond donors (Lipinski definition) is 0. The minimum absolute atomic E-state index is 0.0227. The summed E-state index contributed by atoms with van der Waals surface area (Å²) in [6.07, 6.45) is 2.85. The number of esters is 2. The van der Waals surface area contributed by atoms with Gasteiger partial charge in [-0.1, -0.05) is 11.8 Å². The van der Waals surface area contributed by atoms with E-state index in [0.717, 1.165) is 5.39 Å². The van der Waals surface area contributed by atoms with Crippen molar-refractivity contribution in [1.82, 2.24) is 4.90 Å². The van der Waals surface area contributed by atoms with Crippen molar-refractivity contribution >= 4 is 40.6 Å². The third-order valence-electron chi connectivity index (χ3n) is 4.21. The van der Waals surface area contributed by atoms with Crippen molar-refractivity contribution in [2.24, 2.45) is 0 Å². The highest BCUT2D eigenvalue weighted by atomic mass is 32.2. The van der Waals surface area contributed by atoms with Crippen LogP contribution < -0.4 is 4.74 Å². The van der Waals surface area contributed by atoms with Gasteiger partial charge in [-0.15, -0.1) is 0 Å². The highest BCUT2D eigenvalue weighted by molar-refractivity contribution is 8.04. The van der Waals surface area contributed by atoms with E-state index < -0.39 is 11.9 Å². The molecule has 1 fully saturated rings. The van der Waals surface area contributed by atoms with E-state index >= 15 is 0 Å². The Morgan fingerprint density at radius 2 is 2.14 bits per heavy atom. The number of carbonyl (C=O) groups excluding carboxylic acids is 3. The second kappa shape index (κ2) is 9.51. The number of furan rings is 1. The normalized spacial score (nSPS) is 15.2. The Labute approximate surface area is 171 Å². The summed E-state index contributed by atoms with van der Waals surface area (Å²) in [5.74, 6) is -0.171. The third-order valence-corrected chi connectivity index (χ3v) is 5.24. The third kappa shape index (κ3) is 5.11. The van der Waals surface area contributed by atoms with E-state index in [1.165, 1.54) is 29.0 Å². The molecule has 2 heterocycles. The number of nitrogens with zero attached hydrogens (tertiary/aromatic N) is 1. The number of benzene rings is 1. The van der Waals surface area contributed by atoms with Gasteiger partial charge in [0, 0.05) is 17.0 Å². The number of thioether (sulfide) groups is 1. The molecule has 154 valence electrons. The Morgan fingerprint density at radius 3 is 2.90 bits per heavy atom. The van der Waals surface area contributed by atoms with E-state index in [4.69, 9.17) is 18.6 Å². The van der Waals surface area contributed by atoms with Crippen LogP contribution in [0.2, 0.25) is 0 Å². The molecular formula is C20H21NO7S. The number of fused-ring (bicyclic) bond motifs is 1. The van der Waals surface area contributed by atoms with E-state index in [1.54, 1.807) is 26.2 Å². The van der Waals surface area contributed by atoms with Crippen LogP contribution in [0, 0.1) is 0 Å². The van der Waals surface area contributed by atoms with Crippen LogP contribution in [0.5, 0.6) is 5.75 Å². The number of methoxy groups -OCH3 is 1. The summed E-state index contributed by atoms with van der Waals surface area (Å²) in [5.41, 5.74) is 1.34. The predicted molar refractivity (Wildman–Crippen MR) is 106 cm³/mol. The average Bonchev–Trinajstić information content (AvgIpc) is 3.25. The van der Waals surface area contributed by atoms with Crippen LogP contribution in [0.1, 0.15) is 12.5 Å². The first-order valence-electron chi connectivity index (χ1n) is 9.03. The predicted octanol–water partition coefficient (Wildman–Crippen LogP) is 2.51. The van der Waals surface area contributed by atoms with Crippen LogP contribution >= 0.6 is 11.8 Å². The fourth-order valence-corrected chi connectivity index (χ4v) is 3.79. The zero-order valence-electron chi connectivity index (χ0n) is 16.1. The molecule has 8 nitrogen and oxygen atoms in total. The molecule has 0 N–H and O–H groups in total. The number of rotatable bonds is 8. The standard InChI is InChI=1S/C20H21NO7S/c1-3-26-20(24)10-18-21(17(22)12-29-18)6-7-27-19(23)8-13-11-28-16-9-14(25-2)4-5-15(13)16/h4-5,9-11H,3,6-8,12H2,1-2H3/b18-10-. The Bertz CT molecular complexity index is 949. The molecule has 0 atom stereocenters. The van der Waals surface area contributed by atoms with Gasteiger partial charge in [0.05, 0.1) is 49.8 Å². The fourth-order valence-electron chi connectivity index (χ4n) is 2.84. The van der Waals surface area contributed by atoms with Gasteiger partial charge < -0.3 is 23.5 Å². The van der Waals surface area contributed by atoms with Gasteiger partial charge in [0.2, 0.25) is 5.91 Å². The number of ether oxygens (including phenoxy) is 3. The van der Waals surface area contributed by atoms with Crippen molar-refractivity contribution in [3.8, 4) is 5.75 Å². The molecule has 0 bridgehead atoms. The zero-order valence-corrected chi connectivity index (χ0v) is 17.0. The van der Waals surface area contributed by atoms with Crippen LogP contribution in [-0.2, 0) is 30.3 Å². The molecule has 1 aliphatic rings. The van der Waals surface area contributed by atoms with Crippen LogP contribution in [0.3, 0.4) is 0 Å². The van der Waals surface area contributed by atoms with Gasteiger partial charge in [-0.05, 0) is 19.1 Å². The molecule has 2 aromatic rings.